The second-order valence-corrected chi connectivity index (χ2v) is 7.06. The standard InChI is InChI=1S/C18H30N6O2/c1-18(2,3)26-17(25)22-10-9-21-16(19-4)24-13-11-23(12-14-24)15-7-5-6-8-20-15/h5-8H,9-14H2,1-4H3,(H,19,21)(H,22,25). The van der Waals surface area contributed by atoms with Gasteiger partial charge in [0, 0.05) is 52.5 Å². The molecule has 8 heteroatoms. The number of nitrogens with zero attached hydrogens (tertiary/aromatic N) is 4. The Morgan fingerprint density at radius 2 is 1.88 bits per heavy atom. The van der Waals surface area contributed by atoms with Crippen LogP contribution in [-0.4, -0.2) is 73.9 Å². The van der Waals surface area contributed by atoms with Crippen molar-refractivity contribution in [2.45, 2.75) is 26.4 Å². The summed E-state index contributed by atoms with van der Waals surface area (Å²) >= 11 is 0. The van der Waals surface area contributed by atoms with E-state index < -0.39 is 11.7 Å². The van der Waals surface area contributed by atoms with Crippen LogP contribution in [0.3, 0.4) is 0 Å². The molecular formula is C18H30N6O2. The molecule has 0 aliphatic carbocycles. The minimum Gasteiger partial charge on any atom is -0.444 e. The molecule has 1 fully saturated rings. The fourth-order valence-corrected chi connectivity index (χ4v) is 2.67. The van der Waals surface area contributed by atoms with Gasteiger partial charge in [-0.25, -0.2) is 9.78 Å². The minimum absolute atomic E-state index is 0.404. The number of alkyl carbamates (subject to hydrolysis) is 1. The van der Waals surface area contributed by atoms with Crippen molar-refractivity contribution in [3.8, 4) is 0 Å². The number of pyridine rings is 1. The van der Waals surface area contributed by atoms with Crippen molar-refractivity contribution >= 4 is 17.9 Å². The molecule has 1 amide bonds. The lowest BCUT2D eigenvalue weighted by Crippen LogP contribution is -2.53. The van der Waals surface area contributed by atoms with Crippen LogP contribution in [0, 0.1) is 0 Å². The molecule has 0 aromatic carbocycles. The van der Waals surface area contributed by atoms with E-state index >= 15 is 0 Å². The Labute approximate surface area is 155 Å². The number of aromatic nitrogens is 1. The van der Waals surface area contributed by atoms with Gasteiger partial charge in [0.2, 0.25) is 0 Å². The van der Waals surface area contributed by atoms with E-state index in [1.54, 1.807) is 7.05 Å². The summed E-state index contributed by atoms with van der Waals surface area (Å²) in [4.78, 5) is 24.9. The molecule has 2 rings (SSSR count). The number of carbonyl (C=O) groups excluding carboxylic acids is 1. The Kier molecular flexibility index (Phi) is 7.06. The number of hydrogen-bond donors (Lipinski definition) is 2. The van der Waals surface area contributed by atoms with E-state index in [0.29, 0.717) is 13.1 Å². The molecule has 8 nitrogen and oxygen atoms in total. The number of guanidine groups is 1. The molecule has 2 N–H and O–H groups in total. The number of rotatable bonds is 4. The van der Waals surface area contributed by atoms with E-state index in [1.807, 2.05) is 45.2 Å². The van der Waals surface area contributed by atoms with E-state index in [-0.39, 0.29) is 0 Å². The highest BCUT2D eigenvalue weighted by Crippen LogP contribution is 2.12. The molecule has 1 aliphatic heterocycles. The monoisotopic (exact) mass is 362 g/mol. The SMILES string of the molecule is CN=C(NCCNC(=O)OC(C)(C)C)N1CCN(c2ccccn2)CC1. The Hall–Kier alpha value is -2.51. The zero-order valence-corrected chi connectivity index (χ0v) is 16.2. The fraction of sp³-hybridized carbons (Fsp3) is 0.611. The average Bonchev–Trinajstić information content (AvgIpc) is 2.61. The van der Waals surface area contributed by atoms with Gasteiger partial charge in [-0.2, -0.15) is 0 Å². The van der Waals surface area contributed by atoms with Gasteiger partial charge < -0.3 is 25.2 Å². The molecule has 0 spiro atoms. The summed E-state index contributed by atoms with van der Waals surface area (Å²) in [6.07, 6.45) is 1.41. The number of anilines is 1. The van der Waals surface area contributed by atoms with Crippen LogP contribution in [-0.2, 0) is 4.74 Å². The van der Waals surface area contributed by atoms with Crippen molar-refractivity contribution in [1.82, 2.24) is 20.5 Å². The highest BCUT2D eigenvalue weighted by atomic mass is 16.6. The molecule has 1 aliphatic rings. The number of hydrogen-bond acceptors (Lipinski definition) is 5. The van der Waals surface area contributed by atoms with Crippen molar-refractivity contribution in [3.63, 3.8) is 0 Å². The highest BCUT2D eigenvalue weighted by molar-refractivity contribution is 5.80. The third-order valence-corrected chi connectivity index (χ3v) is 3.84. The van der Waals surface area contributed by atoms with Crippen molar-refractivity contribution < 1.29 is 9.53 Å². The fourth-order valence-electron chi connectivity index (χ4n) is 2.67. The van der Waals surface area contributed by atoms with E-state index in [4.69, 9.17) is 4.74 Å². The van der Waals surface area contributed by atoms with Crippen LogP contribution in [0.4, 0.5) is 10.6 Å². The van der Waals surface area contributed by atoms with E-state index in [2.05, 4.69) is 30.4 Å². The number of carbonyl (C=O) groups is 1. The van der Waals surface area contributed by atoms with Crippen LogP contribution in [0.2, 0.25) is 0 Å². The zero-order chi connectivity index (χ0) is 19.0. The van der Waals surface area contributed by atoms with Crippen LogP contribution in [0.1, 0.15) is 20.8 Å². The Balaban J connectivity index is 1.70. The quantitative estimate of drug-likeness (QED) is 0.477. The van der Waals surface area contributed by atoms with Gasteiger partial charge in [0.15, 0.2) is 5.96 Å². The topological polar surface area (TPSA) is 82.1 Å². The smallest absolute Gasteiger partial charge is 0.407 e. The maximum Gasteiger partial charge on any atom is 0.407 e. The van der Waals surface area contributed by atoms with Crippen LogP contribution in [0.5, 0.6) is 0 Å². The van der Waals surface area contributed by atoms with Crippen molar-refractivity contribution in [3.05, 3.63) is 24.4 Å². The molecule has 0 radical (unpaired) electrons. The molecule has 0 atom stereocenters. The maximum absolute atomic E-state index is 11.6. The first kappa shape index (κ1) is 19.8. The third kappa shape index (κ3) is 6.42. The summed E-state index contributed by atoms with van der Waals surface area (Å²) < 4.78 is 5.21. The molecule has 0 saturated carbocycles. The first-order chi connectivity index (χ1) is 12.4. The Morgan fingerprint density at radius 1 is 1.19 bits per heavy atom. The van der Waals surface area contributed by atoms with Gasteiger partial charge in [0.1, 0.15) is 11.4 Å². The Bertz CT molecular complexity index is 591. The number of aliphatic imine (C=N–C) groups is 1. The largest absolute Gasteiger partial charge is 0.444 e. The molecule has 0 bridgehead atoms. The second-order valence-electron chi connectivity index (χ2n) is 7.06. The van der Waals surface area contributed by atoms with Crippen LogP contribution in [0.15, 0.2) is 29.4 Å². The average molecular weight is 362 g/mol. The molecule has 144 valence electrons. The molecule has 26 heavy (non-hydrogen) atoms. The normalized spacial score (nSPS) is 15.6. The van der Waals surface area contributed by atoms with Crippen molar-refractivity contribution in [2.75, 3.05) is 51.2 Å². The predicted octanol–water partition coefficient (Wildman–Crippen LogP) is 1.30. The highest BCUT2D eigenvalue weighted by Gasteiger charge is 2.20. The Morgan fingerprint density at radius 3 is 2.46 bits per heavy atom. The summed E-state index contributed by atoms with van der Waals surface area (Å²) in [5, 5.41) is 6.02. The first-order valence-corrected chi connectivity index (χ1v) is 8.97. The minimum atomic E-state index is -0.485. The summed E-state index contributed by atoms with van der Waals surface area (Å²) in [7, 11) is 1.77. The summed E-state index contributed by atoms with van der Waals surface area (Å²) in [6.45, 7) is 10.1. The molecule has 1 saturated heterocycles. The van der Waals surface area contributed by atoms with Gasteiger partial charge in [0.05, 0.1) is 0 Å². The molecule has 0 unspecified atom stereocenters. The third-order valence-electron chi connectivity index (χ3n) is 3.84. The molecule has 1 aromatic rings. The predicted molar refractivity (Wildman–Crippen MR) is 104 cm³/mol. The molecular weight excluding hydrogens is 332 g/mol. The first-order valence-electron chi connectivity index (χ1n) is 8.97. The van der Waals surface area contributed by atoms with Gasteiger partial charge in [-0.3, -0.25) is 4.99 Å². The summed E-state index contributed by atoms with van der Waals surface area (Å²) in [5.41, 5.74) is -0.485. The lowest BCUT2D eigenvalue weighted by molar-refractivity contribution is 0.0529. The number of amides is 1. The van der Waals surface area contributed by atoms with E-state index in [0.717, 1.165) is 38.0 Å². The van der Waals surface area contributed by atoms with Gasteiger partial charge in [0.25, 0.3) is 0 Å². The van der Waals surface area contributed by atoms with E-state index in [1.165, 1.54) is 0 Å². The van der Waals surface area contributed by atoms with Gasteiger partial charge in [-0.15, -0.1) is 0 Å². The summed E-state index contributed by atoms with van der Waals surface area (Å²) in [5.74, 6) is 1.85. The van der Waals surface area contributed by atoms with Gasteiger partial charge in [-0.1, -0.05) is 6.07 Å². The number of nitrogens with one attached hydrogen (secondary N) is 2. The molecule has 1 aromatic heterocycles. The second kappa shape index (κ2) is 9.26. The lowest BCUT2D eigenvalue weighted by atomic mass is 10.2. The van der Waals surface area contributed by atoms with Crippen LogP contribution >= 0.6 is 0 Å². The molecule has 2 heterocycles. The van der Waals surface area contributed by atoms with E-state index in [9.17, 15) is 4.79 Å². The van der Waals surface area contributed by atoms with Crippen molar-refractivity contribution in [2.24, 2.45) is 4.99 Å². The number of piperazine rings is 1. The van der Waals surface area contributed by atoms with Crippen molar-refractivity contribution in [1.29, 1.82) is 0 Å². The number of ether oxygens (including phenoxy) is 1. The lowest BCUT2D eigenvalue weighted by Gasteiger charge is -2.37. The maximum atomic E-state index is 11.6. The van der Waals surface area contributed by atoms with Gasteiger partial charge in [-0.05, 0) is 32.9 Å². The van der Waals surface area contributed by atoms with Crippen LogP contribution in [0.25, 0.3) is 0 Å². The van der Waals surface area contributed by atoms with Gasteiger partial charge >= 0.3 is 6.09 Å². The zero-order valence-electron chi connectivity index (χ0n) is 16.2. The summed E-state index contributed by atoms with van der Waals surface area (Å²) in [6, 6.07) is 5.97. The van der Waals surface area contributed by atoms with Crippen LogP contribution < -0.4 is 15.5 Å².